The number of carboxylic acids is 1. The molecule has 0 spiro atoms. The second kappa shape index (κ2) is 7.32. The fourth-order valence-electron chi connectivity index (χ4n) is 3.07. The van der Waals surface area contributed by atoms with E-state index in [0.29, 0.717) is 12.0 Å². The van der Waals surface area contributed by atoms with Crippen molar-refractivity contribution in [3.8, 4) is 5.75 Å². The highest BCUT2D eigenvalue weighted by atomic mass is 16.4. The summed E-state index contributed by atoms with van der Waals surface area (Å²) in [5, 5.41) is 21.2. The number of unbranched alkanes of at least 4 members (excludes halogenated alkanes) is 1. The summed E-state index contributed by atoms with van der Waals surface area (Å²) in [7, 11) is 0. The van der Waals surface area contributed by atoms with E-state index in [9.17, 15) is 15.0 Å². The lowest BCUT2D eigenvalue weighted by Crippen LogP contribution is -2.03. The van der Waals surface area contributed by atoms with Gasteiger partial charge in [-0.15, -0.1) is 0 Å². The van der Waals surface area contributed by atoms with Crippen molar-refractivity contribution in [1.82, 2.24) is 0 Å². The maximum atomic E-state index is 11.4. The molecule has 3 heteroatoms. The molecule has 0 aliphatic carbocycles. The van der Waals surface area contributed by atoms with Crippen LogP contribution in [0.1, 0.15) is 51.2 Å². The molecule has 0 aromatic heterocycles. The van der Waals surface area contributed by atoms with Gasteiger partial charge in [-0.1, -0.05) is 38.5 Å². The van der Waals surface area contributed by atoms with Crippen LogP contribution in [0.15, 0.2) is 35.9 Å². The van der Waals surface area contributed by atoms with Crippen LogP contribution >= 0.6 is 0 Å². The summed E-state index contributed by atoms with van der Waals surface area (Å²) in [6.07, 6.45) is 3.72. The summed E-state index contributed by atoms with van der Waals surface area (Å²) in [6, 6.07) is 9.35. The van der Waals surface area contributed by atoms with Gasteiger partial charge in [0.2, 0.25) is 0 Å². The average molecular weight is 312 g/mol. The molecule has 2 aromatic rings. The van der Waals surface area contributed by atoms with E-state index >= 15 is 0 Å². The lowest BCUT2D eigenvalue weighted by molar-refractivity contribution is -0.132. The Morgan fingerprint density at radius 2 is 1.87 bits per heavy atom. The minimum atomic E-state index is -0.867. The van der Waals surface area contributed by atoms with Crippen molar-refractivity contribution < 1.29 is 15.0 Å². The van der Waals surface area contributed by atoms with Gasteiger partial charge in [0.05, 0.1) is 0 Å². The second-order valence-corrected chi connectivity index (χ2v) is 5.86. The van der Waals surface area contributed by atoms with E-state index < -0.39 is 5.97 Å². The van der Waals surface area contributed by atoms with E-state index in [1.165, 1.54) is 5.56 Å². The Balaban J connectivity index is 2.74. The number of hydrogen-bond acceptors (Lipinski definition) is 2. The zero-order valence-electron chi connectivity index (χ0n) is 14.0. The van der Waals surface area contributed by atoms with E-state index in [1.807, 2.05) is 25.1 Å². The van der Waals surface area contributed by atoms with Crippen LogP contribution in [0.4, 0.5) is 0 Å². The monoisotopic (exact) mass is 312 g/mol. The van der Waals surface area contributed by atoms with Crippen molar-refractivity contribution in [2.75, 3.05) is 0 Å². The predicted octanol–water partition coefficient (Wildman–Crippen LogP) is 5.16. The molecule has 0 radical (unpaired) electrons. The number of benzene rings is 2. The summed E-state index contributed by atoms with van der Waals surface area (Å²) in [5.41, 5.74) is 3.50. The summed E-state index contributed by atoms with van der Waals surface area (Å²) < 4.78 is 0. The number of phenols is 1. The lowest BCUT2D eigenvalue weighted by atomic mass is 9.88. The molecule has 23 heavy (non-hydrogen) atoms. The Hall–Kier alpha value is -2.29. The number of allylic oxidation sites excluding steroid dienone is 1. The first-order chi connectivity index (χ1) is 11.0. The Labute approximate surface area is 137 Å². The number of carboxylic acid groups (broad SMARTS) is 1. The zero-order valence-corrected chi connectivity index (χ0v) is 14.0. The van der Waals surface area contributed by atoms with Crippen LogP contribution in [0.25, 0.3) is 16.3 Å². The number of rotatable bonds is 6. The fourth-order valence-corrected chi connectivity index (χ4v) is 3.07. The molecule has 0 aliphatic heterocycles. The van der Waals surface area contributed by atoms with Crippen molar-refractivity contribution >= 4 is 22.3 Å². The predicted molar refractivity (Wildman–Crippen MR) is 94.7 cm³/mol. The molecule has 2 N–H and O–H groups in total. The third-order valence-corrected chi connectivity index (χ3v) is 4.35. The molecule has 3 nitrogen and oxygen atoms in total. The number of phenolic OH excluding ortho intramolecular Hbond substituents is 1. The molecule has 0 heterocycles. The first-order valence-corrected chi connectivity index (χ1v) is 8.17. The molecule has 2 aromatic carbocycles. The Bertz CT molecular complexity index is 757. The highest BCUT2D eigenvalue weighted by molar-refractivity contribution is 5.99. The van der Waals surface area contributed by atoms with E-state index in [-0.39, 0.29) is 5.75 Å². The van der Waals surface area contributed by atoms with Crippen LogP contribution in [0.2, 0.25) is 0 Å². The molecule has 0 aliphatic rings. The minimum absolute atomic E-state index is 0.250. The summed E-state index contributed by atoms with van der Waals surface area (Å²) in [6.45, 7) is 5.81. The molecule has 2 rings (SSSR count). The van der Waals surface area contributed by atoms with Gasteiger partial charge in [0.1, 0.15) is 5.75 Å². The lowest BCUT2D eigenvalue weighted by Gasteiger charge is -2.17. The second-order valence-electron chi connectivity index (χ2n) is 5.86. The van der Waals surface area contributed by atoms with Crippen molar-refractivity contribution in [1.29, 1.82) is 0 Å². The molecule has 0 bridgehead atoms. The topological polar surface area (TPSA) is 57.5 Å². The summed E-state index contributed by atoms with van der Waals surface area (Å²) in [5.74, 6) is -0.617. The quantitative estimate of drug-likeness (QED) is 0.725. The molecular weight excluding hydrogens is 288 g/mol. The number of aromatic hydroxyl groups is 1. The van der Waals surface area contributed by atoms with E-state index in [1.54, 1.807) is 19.1 Å². The first-order valence-electron chi connectivity index (χ1n) is 8.17. The molecule has 0 fully saturated rings. The van der Waals surface area contributed by atoms with Crippen LogP contribution in [0.5, 0.6) is 5.75 Å². The van der Waals surface area contributed by atoms with Gasteiger partial charge in [-0.05, 0) is 65.8 Å². The molecule has 0 saturated carbocycles. The van der Waals surface area contributed by atoms with Gasteiger partial charge in [0.15, 0.2) is 0 Å². The van der Waals surface area contributed by atoms with Crippen molar-refractivity contribution in [2.24, 2.45) is 0 Å². The number of carbonyl (C=O) groups is 1. The van der Waals surface area contributed by atoms with Gasteiger partial charge in [0, 0.05) is 5.57 Å². The van der Waals surface area contributed by atoms with Gasteiger partial charge >= 0.3 is 5.97 Å². The number of fused-ring (bicyclic) bond motifs is 1. The highest BCUT2D eigenvalue weighted by Crippen LogP contribution is 2.33. The van der Waals surface area contributed by atoms with Crippen LogP contribution in [0.3, 0.4) is 0 Å². The smallest absolute Gasteiger partial charge is 0.331 e. The third kappa shape index (κ3) is 3.55. The molecule has 0 saturated heterocycles. The number of aliphatic carboxylic acids is 1. The van der Waals surface area contributed by atoms with Gasteiger partial charge in [-0.25, -0.2) is 4.79 Å². The van der Waals surface area contributed by atoms with Crippen LogP contribution < -0.4 is 0 Å². The molecule has 0 unspecified atom stereocenters. The normalized spacial score (nSPS) is 12.3. The van der Waals surface area contributed by atoms with Gasteiger partial charge in [0.25, 0.3) is 0 Å². The Kier molecular flexibility index (Phi) is 5.43. The maximum absolute atomic E-state index is 11.4. The standard InChI is InChI=1S/C20H24O3/c1-4-6-7-18-17-11-9-15(21)12-14(17)8-10-19(18)16(5-2)13(3)20(22)23/h8-12,21H,4-7H2,1-3H3,(H,22,23)/b16-13-. The number of aryl methyl sites for hydroxylation is 1. The van der Waals surface area contributed by atoms with Gasteiger partial charge in [-0.3, -0.25) is 0 Å². The maximum Gasteiger partial charge on any atom is 0.331 e. The molecule has 122 valence electrons. The minimum Gasteiger partial charge on any atom is -0.508 e. The van der Waals surface area contributed by atoms with Crippen molar-refractivity contribution in [3.05, 3.63) is 47.0 Å². The Morgan fingerprint density at radius 1 is 1.13 bits per heavy atom. The first kappa shape index (κ1) is 17.1. The van der Waals surface area contributed by atoms with Gasteiger partial charge in [-0.2, -0.15) is 0 Å². The Morgan fingerprint density at radius 3 is 2.48 bits per heavy atom. The van der Waals surface area contributed by atoms with Crippen molar-refractivity contribution in [2.45, 2.75) is 46.5 Å². The molecule has 0 atom stereocenters. The van der Waals surface area contributed by atoms with E-state index in [0.717, 1.165) is 41.2 Å². The third-order valence-electron chi connectivity index (χ3n) is 4.35. The zero-order chi connectivity index (χ0) is 17.0. The van der Waals surface area contributed by atoms with Crippen LogP contribution in [-0.4, -0.2) is 16.2 Å². The fraction of sp³-hybridized carbons (Fsp3) is 0.350. The van der Waals surface area contributed by atoms with E-state index in [2.05, 4.69) is 6.92 Å². The van der Waals surface area contributed by atoms with Crippen LogP contribution in [0, 0.1) is 0 Å². The van der Waals surface area contributed by atoms with Crippen molar-refractivity contribution in [3.63, 3.8) is 0 Å². The molecular formula is C20H24O3. The highest BCUT2D eigenvalue weighted by Gasteiger charge is 2.15. The average Bonchev–Trinajstić information content (AvgIpc) is 2.53. The number of hydrogen-bond donors (Lipinski definition) is 2. The SMILES string of the molecule is CCCCc1c(/C(CC)=C(/C)C(=O)O)ccc2cc(O)ccc12. The van der Waals surface area contributed by atoms with Gasteiger partial charge < -0.3 is 10.2 Å². The molecule has 0 amide bonds. The summed E-state index contributed by atoms with van der Waals surface area (Å²) in [4.78, 5) is 11.4. The summed E-state index contributed by atoms with van der Waals surface area (Å²) >= 11 is 0. The van der Waals surface area contributed by atoms with E-state index in [4.69, 9.17) is 0 Å². The van der Waals surface area contributed by atoms with Crippen LogP contribution in [-0.2, 0) is 11.2 Å². The largest absolute Gasteiger partial charge is 0.508 e.